The van der Waals surface area contributed by atoms with Crippen LogP contribution in [0.1, 0.15) is 11.4 Å². The van der Waals surface area contributed by atoms with Gasteiger partial charge in [0.2, 0.25) is 0 Å². The van der Waals surface area contributed by atoms with Crippen LogP contribution in [0.4, 0.5) is 5.69 Å². The zero-order valence-electron chi connectivity index (χ0n) is 9.31. The summed E-state index contributed by atoms with van der Waals surface area (Å²) in [7, 11) is -1.19. The van der Waals surface area contributed by atoms with E-state index in [2.05, 4.69) is 0 Å². The minimum Gasteiger partial charge on any atom is -0.399 e. The van der Waals surface area contributed by atoms with E-state index >= 15 is 0 Å². The van der Waals surface area contributed by atoms with E-state index in [4.69, 9.17) is 5.73 Å². The second-order valence-electron chi connectivity index (χ2n) is 3.73. The lowest BCUT2D eigenvalue weighted by Crippen LogP contribution is -2.08. The molecule has 0 aliphatic carbocycles. The van der Waals surface area contributed by atoms with Crippen LogP contribution in [0.3, 0.4) is 0 Å². The number of hydrogen-bond acceptors (Lipinski definition) is 2. The number of rotatable bonds is 2. The van der Waals surface area contributed by atoms with Crippen LogP contribution < -0.4 is 5.73 Å². The molecular weight excluding hydrogens is 220 g/mol. The lowest BCUT2D eigenvalue weighted by atomic mass is 10.3. The van der Waals surface area contributed by atoms with Gasteiger partial charge in [0.05, 0.1) is 4.90 Å². The summed E-state index contributed by atoms with van der Waals surface area (Å²) in [5, 5.41) is 0. The molecule has 2 aromatic rings. The Labute approximate surface area is 97.5 Å². The number of aromatic nitrogens is 1. The van der Waals surface area contributed by atoms with Crippen LogP contribution >= 0.6 is 0 Å². The van der Waals surface area contributed by atoms with E-state index in [1.807, 2.05) is 30.0 Å². The first-order valence-electron chi connectivity index (χ1n) is 5.02. The standard InChI is InChI=1S/C12H14N2OS/c1-9-3-4-10(2)14(9)16(15)12-7-5-11(13)6-8-12/h3-8H,13H2,1-2H3. The van der Waals surface area contributed by atoms with Gasteiger partial charge in [-0.1, -0.05) is 0 Å². The maximum Gasteiger partial charge on any atom is 0.156 e. The third-order valence-corrected chi connectivity index (χ3v) is 4.04. The monoisotopic (exact) mass is 234 g/mol. The Bertz CT molecular complexity index is 509. The number of anilines is 1. The lowest BCUT2D eigenvalue weighted by Gasteiger charge is -2.08. The van der Waals surface area contributed by atoms with Crippen molar-refractivity contribution in [3.05, 3.63) is 47.8 Å². The average molecular weight is 234 g/mol. The molecule has 0 amide bonds. The fraction of sp³-hybridized carbons (Fsp3) is 0.167. The normalized spacial score (nSPS) is 12.6. The van der Waals surface area contributed by atoms with E-state index in [-0.39, 0.29) is 0 Å². The molecule has 0 fully saturated rings. The van der Waals surface area contributed by atoms with Crippen LogP contribution in [0, 0.1) is 13.8 Å². The van der Waals surface area contributed by atoms with Crippen molar-refractivity contribution in [3.8, 4) is 0 Å². The van der Waals surface area contributed by atoms with Gasteiger partial charge in [0.1, 0.15) is 0 Å². The number of hydrogen-bond donors (Lipinski definition) is 1. The van der Waals surface area contributed by atoms with Crippen molar-refractivity contribution in [2.45, 2.75) is 18.7 Å². The van der Waals surface area contributed by atoms with Crippen molar-refractivity contribution in [2.75, 3.05) is 5.73 Å². The fourth-order valence-electron chi connectivity index (χ4n) is 1.61. The van der Waals surface area contributed by atoms with Gasteiger partial charge in [-0.2, -0.15) is 0 Å². The summed E-state index contributed by atoms with van der Waals surface area (Å²) in [4.78, 5) is 0.761. The SMILES string of the molecule is Cc1ccc(C)n1S(=O)c1ccc(N)cc1. The molecule has 0 bridgehead atoms. The van der Waals surface area contributed by atoms with E-state index in [1.54, 1.807) is 24.3 Å². The van der Waals surface area contributed by atoms with E-state index in [1.165, 1.54) is 0 Å². The minimum atomic E-state index is -1.19. The summed E-state index contributed by atoms with van der Waals surface area (Å²) in [6.45, 7) is 3.89. The summed E-state index contributed by atoms with van der Waals surface area (Å²) in [5.41, 5.74) is 8.27. The van der Waals surface area contributed by atoms with Crippen LogP contribution in [0.2, 0.25) is 0 Å². The van der Waals surface area contributed by atoms with Gasteiger partial charge >= 0.3 is 0 Å². The highest BCUT2D eigenvalue weighted by Gasteiger charge is 2.10. The van der Waals surface area contributed by atoms with Crippen molar-refractivity contribution in [3.63, 3.8) is 0 Å². The van der Waals surface area contributed by atoms with Crippen molar-refractivity contribution in [1.82, 2.24) is 3.97 Å². The summed E-state index contributed by atoms with van der Waals surface area (Å²) in [6.07, 6.45) is 0. The van der Waals surface area contributed by atoms with Gasteiger partial charge in [0, 0.05) is 17.1 Å². The molecule has 1 aromatic heterocycles. The fourth-order valence-corrected chi connectivity index (χ4v) is 2.83. The summed E-state index contributed by atoms with van der Waals surface area (Å²) in [6, 6.07) is 11.0. The molecule has 2 rings (SSSR count). The highest BCUT2D eigenvalue weighted by Crippen LogP contribution is 2.16. The molecule has 0 spiro atoms. The molecule has 0 aliphatic rings. The molecule has 0 saturated heterocycles. The number of nitrogens with two attached hydrogens (primary N) is 1. The second kappa shape index (κ2) is 4.14. The Morgan fingerprint density at radius 3 is 2.00 bits per heavy atom. The number of aryl methyl sites for hydroxylation is 2. The molecular formula is C12H14N2OS. The van der Waals surface area contributed by atoms with Gasteiger partial charge in [-0.05, 0) is 50.2 Å². The first kappa shape index (κ1) is 11.0. The van der Waals surface area contributed by atoms with Crippen molar-refractivity contribution in [2.24, 2.45) is 0 Å². The van der Waals surface area contributed by atoms with E-state index < -0.39 is 11.0 Å². The van der Waals surface area contributed by atoms with Gasteiger partial charge in [-0.25, -0.2) is 4.21 Å². The Morgan fingerprint density at radius 2 is 1.50 bits per heavy atom. The van der Waals surface area contributed by atoms with Gasteiger partial charge in [-0.15, -0.1) is 0 Å². The maximum atomic E-state index is 12.3. The number of nitrogens with zero attached hydrogens (tertiary/aromatic N) is 1. The summed E-state index contributed by atoms with van der Waals surface area (Å²) < 4.78 is 14.1. The summed E-state index contributed by atoms with van der Waals surface area (Å²) in [5.74, 6) is 0. The lowest BCUT2D eigenvalue weighted by molar-refractivity contribution is 0.675. The Morgan fingerprint density at radius 1 is 1.00 bits per heavy atom. The maximum absolute atomic E-state index is 12.3. The number of benzene rings is 1. The molecule has 4 heteroatoms. The average Bonchev–Trinajstić information content (AvgIpc) is 2.59. The Kier molecular flexibility index (Phi) is 2.83. The van der Waals surface area contributed by atoms with Crippen LogP contribution in [-0.4, -0.2) is 8.18 Å². The third-order valence-electron chi connectivity index (χ3n) is 2.45. The predicted molar refractivity (Wildman–Crippen MR) is 66.6 cm³/mol. The van der Waals surface area contributed by atoms with Crippen LogP contribution in [-0.2, 0) is 11.0 Å². The molecule has 0 aliphatic heterocycles. The topological polar surface area (TPSA) is 48.0 Å². The highest BCUT2D eigenvalue weighted by molar-refractivity contribution is 7.83. The second-order valence-corrected chi connectivity index (χ2v) is 5.06. The molecule has 1 aromatic carbocycles. The molecule has 1 unspecified atom stereocenters. The molecule has 3 nitrogen and oxygen atoms in total. The zero-order chi connectivity index (χ0) is 11.7. The van der Waals surface area contributed by atoms with Gasteiger partial charge in [0.25, 0.3) is 0 Å². The quantitative estimate of drug-likeness (QED) is 0.810. The summed E-state index contributed by atoms with van der Waals surface area (Å²) >= 11 is 0. The first-order chi connectivity index (χ1) is 7.59. The van der Waals surface area contributed by atoms with E-state index in [0.717, 1.165) is 16.3 Å². The third kappa shape index (κ3) is 1.88. The highest BCUT2D eigenvalue weighted by atomic mass is 32.2. The first-order valence-corrected chi connectivity index (χ1v) is 6.13. The zero-order valence-corrected chi connectivity index (χ0v) is 10.1. The smallest absolute Gasteiger partial charge is 0.156 e. The Hall–Kier alpha value is -1.55. The molecule has 1 atom stereocenters. The minimum absolute atomic E-state index is 0.682. The van der Waals surface area contributed by atoms with Crippen molar-refractivity contribution in [1.29, 1.82) is 0 Å². The number of nitrogen functional groups attached to an aromatic ring is 1. The molecule has 0 radical (unpaired) electrons. The van der Waals surface area contributed by atoms with Crippen molar-refractivity contribution >= 4 is 16.7 Å². The van der Waals surface area contributed by atoms with Crippen LogP contribution in [0.15, 0.2) is 41.3 Å². The largest absolute Gasteiger partial charge is 0.399 e. The van der Waals surface area contributed by atoms with Gasteiger partial charge < -0.3 is 5.73 Å². The molecule has 1 heterocycles. The molecule has 2 N–H and O–H groups in total. The van der Waals surface area contributed by atoms with Crippen LogP contribution in [0.5, 0.6) is 0 Å². The molecule has 84 valence electrons. The molecule has 16 heavy (non-hydrogen) atoms. The molecule has 0 saturated carbocycles. The van der Waals surface area contributed by atoms with Gasteiger partial charge in [0.15, 0.2) is 11.0 Å². The van der Waals surface area contributed by atoms with Gasteiger partial charge in [-0.3, -0.25) is 3.97 Å². The Balaban J connectivity index is 2.43. The van der Waals surface area contributed by atoms with E-state index in [0.29, 0.717) is 5.69 Å². The predicted octanol–water partition coefficient (Wildman–Crippen LogP) is 2.26. The van der Waals surface area contributed by atoms with E-state index in [9.17, 15) is 4.21 Å². The van der Waals surface area contributed by atoms with Crippen molar-refractivity contribution < 1.29 is 4.21 Å². The van der Waals surface area contributed by atoms with Crippen LogP contribution in [0.25, 0.3) is 0 Å².